The maximum atomic E-state index is 11.7. The molecule has 7 heteroatoms. The summed E-state index contributed by atoms with van der Waals surface area (Å²) in [6.07, 6.45) is 0.991. The summed E-state index contributed by atoms with van der Waals surface area (Å²) in [6.45, 7) is 2.10. The monoisotopic (exact) mass is 349 g/mol. The van der Waals surface area contributed by atoms with Crippen LogP contribution >= 0.6 is 12.2 Å². The normalized spacial score (nSPS) is 11.0. The second-order valence-corrected chi connectivity index (χ2v) is 7.16. The third-order valence-corrected chi connectivity index (χ3v) is 4.95. The third kappa shape index (κ3) is 4.75. The average Bonchev–Trinajstić information content (AvgIpc) is 2.56. The number of aryl methyl sites for hydroxylation is 1. The number of anilines is 2. The standard InChI is InChI=1S/C16H19N3O2S2/c1-3-12-4-6-13(7-5-12)18-16(22)19-14-8-10-15(11-9-14)23(20,21)17-2/h4-11,17H,3H2,1-2H3,(H2,18,19,22). The minimum Gasteiger partial charge on any atom is -0.332 e. The highest BCUT2D eigenvalue weighted by atomic mass is 32.2. The fraction of sp³-hybridized carbons (Fsp3) is 0.188. The Labute approximate surface area is 142 Å². The number of thiocarbonyl (C=S) groups is 1. The van der Waals surface area contributed by atoms with Crippen LogP contribution < -0.4 is 15.4 Å². The smallest absolute Gasteiger partial charge is 0.240 e. The van der Waals surface area contributed by atoms with Crippen molar-refractivity contribution in [3.05, 3.63) is 54.1 Å². The van der Waals surface area contributed by atoms with Crippen LogP contribution in [0, 0.1) is 0 Å². The molecule has 23 heavy (non-hydrogen) atoms. The lowest BCUT2D eigenvalue weighted by molar-refractivity contribution is 0.588. The van der Waals surface area contributed by atoms with Crippen LogP contribution in [0.3, 0.4) is 0 Å². The van der Waals surface area contributed by atoms with Crippen LogP contribution in [0.5, 0.6) is 0 Å². The molecule has 0 heterocycles. The van der Waals surface area contributed by atoms with E-state index in [2.05, 4.69) is 22.3 Å². The van der Waals surface area contributed by atoms with E-state index in [9.17, 15) is 8.42 Å². The molecule has 3 N–H and O–H groups in total. The van der Waals surface area contributed by atoms with E-state index in [4.69, 9.17) is 12.2 Å². The minimum atomic E-state index is -3.42. The van der Waals surface area contributed by atoms with Crippen LogP contribution in [-0.2, 0) is 16.4 Å². The molecular weight excluding hydrogens is 330 g/mol. The summed E-state index contributed by atoms with van der Waals surface area (Å²) < 4.78 is 25.6. The molecule has 0 aromatic heterocycles. The third-order valence-electron chi connectivity index (χ3n) is 3.31. The highest BCUT2D eigenvalue weighted by Crippen LogP contribution is 2.15. The first-order valence-electron chi connectivity index (χ1n) is 7.15. The molecule has 2 aromatic carbocycles. The van der Waals surface area contributed by atoms with E-state index < -0.39 is 10.0 Å². The number of hydrogen-bond acceptors (Lipinski definition) is 3. The van der Waals surface area contributed by atoms with Crippen molar-refractivity contribution in [2.45, 2.75) is 18.2 Å². The predicted octanol–water partition coefficient (Wildman–Crippen LogP) is 2.97. The van der Waals surface area contributed by atoms with E-state index in [1.54, 1.807) is 12.1 Å². The van der Waals surface area contributed by atoms with Gasteiger partial charge in [-0.1, -0.05) is 19.1 Å². The van der Waals surface area contributed by atoms with Crippen LogP contribution in [0.1, 0.15) is 12.5 Å². The number of benzene rings is 2. The molecule has 0 amide bonds. The van der Waals surface area contributed by atoms with E-state index in [0.29, 0.717) is 10.8 Å². The Morgan fingerprint density at radius 1 is 0.957 bits per heavy atom. The quantitative estimate of drug-likeness (QED) is 0.724. The lowest BCUT2D eigenvalue weighted by atomic mass is 10.1. The van der Waals surface area contributed by atoms with Gasteiger partial charge in [0.2, 0.25) is 10.0 Å². The highest BCUT2D eigenvalue weighted by Gasteiger charge is 2.10. The van der Waals surface area contributed by atoms with E-state index >= 15 is 0 Å². The van der Waals surface area contributed by atoms with Gasteiger partial charge in [0.1, 0.15) is 0 Å². The van der Waals surface area contributed by atoms with Gasteiger partial charge in [0.15, 0.2) is 5.11 Å². The van der Waals surface area contributed by atoms with Crippen LogP contribution in [0.25, 0.3) is 0 Å². The Hall–Kier alpha value is -1.96. The molecule has 0 bridgehead atoms. The van der Waals surface area contributed by atoms with Crippen LogP contribution in [0.2, 0.25) is 0 Å². The van der Waals surface area contributed by atoms with Crippen molar-refractivity contribution in [2.24, 2.45) is 0 Å². The first-order valence-corrected chi connectivity index (χ1v) is 9.04. The Morgan fingerprint density at radius 3 is 1.87 bits per heavy atom. The largest absolute Gasteiger partial charge is 0.332 e. The van der Waals surface area contributed by atoms with Gasteiger partial charge in [-0.3, -0.25) is 0 Å². The van der Waals surface area contributed by atoms with Gasteiger partial charge in [-0.25, -0.2) is 13.1 Å². The topological polar surface area (TPSA) is 70.2 Å². The summed E-state index contributed by atoms with van der Waals surface area (Å²) in [4.78, 5) is 0.208. The molecule has 0 saturated heterocycles. The molecule has 0 radical (unpaired) electrons. The van der Waals surface area contributed by atoms with Crippen molar-refractivity contribution in [3.8, 4) is 0 Å². The van der Waals surface area contributed by atoms with Gasteiger partial charge in [0, 0.05) is 11.4 Å². The zero-order chi connectivity index (χ0) is 16.9. The van der Waals surface area contributed by atoms with Crippen LogP contribution in [0.15, 0.2) is 53.4 Å². The van der Waals surface area contributed by atoms with Crippen molar-refractivity contribution in [1.29, 1.82) is 0 Å². The van der Waals surface area contributed by atoms with Gasteiger partial charge in [-0.05, 0) is 67.6 Å². The molecule has 0 aliphatic carbocycles. The van der Waals surface area contributed by atoms with Crippen molar-refractivity contribution in [3.63, 3.8) is 0 Å². The molecule has 0 aliphatic heterocycles. The molecule has 2 aromatic rings. The van der Waals surface area contributed by atoms with E-state index in [-0.39, 0.29) is 4.90 Å². The zero-order valence-electron chi connectivity index (χ0n) is 13.0. The minimum absolute atomic E-state index is 0.208. The Balaban J connectivity index is 1.99. The van der Waals surface area contributed by atoms with Gasteiger partial charge in [0.05, 0.1) is 4.90 Å². The fourth-order valence-corrected chi connectivity index (χ4v) is 2.92. The van der Waals surface area contributed by atoms with Gasteiger partial charge in [-0.2, -0.15) is 0 Å². The Bertz CT molecular complexity index is 770. The first-order chi connectivity index (χ1) is 10.9. The lowest BCUT2D eigenvalue weighted by Gasteiger charge is -2.11. The van der Waals surface area contributed by atoms with E-state index in [1.165, 1.54) is 24.7 Å². The lowest BCUT2D eigenvalue weighted by Crippen LogP contribution is -2.20. The predicted molar refractivity (Wildman–Crippen MR) is 98.4 cm³/mol. The number of rotatable bonds is 5. The highest BCUT2D eigenvalue weighted by molar-refractivity contribution is 7.89. The SMILES string of the molecule is CCc1ccc(NC(=S)Nc2ccc(S(=O)(=O)NC)cc2)cc1. The first kappa shape index (κ1) is 17.4. The number of sulfonamides is 1. The molecule has 0 fully saturated rings. The summed E-state index contributed by atoms with van der Waals surface area (Å²) in [7, 11) is -2.05. The van der Waals surface area contributed by atoms with Crippen molar-refractivity contribution >= 4 is 38.7 Å². The second-order valence-electron chi connectivity index (χ2n) is 4.86. The summed E-state index contributed by atoms with van der Waals surface area (Å²) in [6, 6.07) is 14.4. The van der Waals surface area contributed by atoms with Gasteiger partial charge in [0.25, 0.3) is 0 Å². The van der Waals surface area contributed by atoms with E-state index in [1.807, 2.05) is 24.3 Å². The second kappa shape index (κ2) is 7.54. The molecule has 0 unspecified atom stereocenters. The molecule has 2 rings (SSSR count). The van der Waals surface area contributed by atoms with Crippen molar-refractivity contribution in [2.75, 3.05) is 17.7 Å². The van der Waals surface area contributed by atoms with Gasteiger partial charge in [-0.15, -0.1) is 0 Å². The maximum absolute atomic E-state index is 11.7. The molecule has 5 nitrogen and oxygen atoms in total. The summed E-state index contributed by atoms with van der Waals surface area (Å²) in [5, 5.41) is 6.55. The number of hydrogen-bond donors (Lipinski definition) is 3. The Kier molecular flexibility index (Phi) is 5.70. The summed E-state index contributed by atoms with van der Waals surface area (Å²) in [5.41, 5.74) is 2.87. The molecule has 122 valence electrons. The van der Waals surface area contributed by atoms with Crippen LogP contribution in [0.4, 0.5) is 11.4 Å². The van der Waals surface area contributed by atoms with Crippen molar-refractivity contribution in [1.82, 2.24) is 4.72 Å². The molecule has 0 spiro atoms. The van der Waals surface area contributed by atoms with Crippen LogP contribution in [-0.4, -0.2) is 20.6 Å². The molecule has 0 aliphatic rings. The summed E-state index contributed by atoms with van der Waals surface area (Å²) in [5.74, 6) is 0. The average molecular weight is 349 g/mol. The maximum Gasteiger partial charge on any atom is 0.240 e. The zero-order valence-corrected chi connectivity index (χ0v) is 14.6. The van der Waals surface area contributed by atoms with E-state index in [0.717, 1.165) is 12.1 Å². The summed E-state index contributed by atoms with van der Waals surface area (Å²) >= 11 is 5.26. The molecular formula is C16H19N3O2S2. The van der Waals surface area contributed by atoms with Gasteiger partial charge < -0.3 is 10.6 Å². The molecule has 0 atom stereocenters. The molecule has 0 saturated carbocycles. The fourth-order valence-electron chi connectivity index (χ4n) is 1.95. The van der Waals surface area contributed by atoms with Crippen molar-refractivity contribution < 1.29 is 8.42 Å². The Morgan fingerprint density at radius 2 is 1.43 bits per heavy atom. The number of nitrogens with one attached hydrogen (secondary N) is 3. The van der Waals surface area contributed by atoms with Gasteiger partial charge >= 0.3 is 0 Å².